The fraction of sp³-hybridized carbons (Fsp3) is 0.364. The van der Waals surface area contributed by atoms with Gasteiger partial charge in [-0.15, -0.1) is 0 Å². The Bertz CT molecular complexity index is 772. The molecule has 27 heavy (non-hydrogen) atoms. The van der Waals surface area contributed by atoms with Crippen molar-refractivity contribution >= 4 is 17.5 Å². The van der Waals surface area contributed by atoms with Crippen molar-refractivity contribution in [3.05, 3.63) is 65.2 Å². The summed E-state index contributed by atoms with van der Waals surface area (Å²) in [6, 6.07) is 15.9. The summed E-state index contributed by atoms with van der Waals surface area (Å²) in [6.45, 7) is 8.29. The third kappa shape index (κ3) is 6.22. The molecule has 1 atom stereocenters. The monoisotopic (exact) mass is 367 g/mol. The summed E-state index contributed by atoms with van der Waals surface area (Å²) in [6.07, 6.45) is 0. The molecule has 0 saturated carbocycles. The van der Waals surface area contributed by atoms with Crippen LogP contribution in [0.5, 0.6) is 0 Å². The smallest absolute Gasteiger partial charge is 0.243 e. The summed E-state index contributed by atoms with van der Waals surface area (Å²) in [5.41, 5.74) is 4.06. The molecular weight excluding hydrogens is 338 g/mol. The Hall–Kier alpha value is -2.66. The fourth-order valence-corrected chi connectivity index (χ4v) is 2.92. The van der Waals surface area contributed by atoms with E-state index in [1.165, 1.54) is 0 Å². The molecule has 0 unspecified atom stereocenters. The minimum Gasteiger partial charge on any atom is -0.346 e. The normalized spacial score (nSPS) is 11.9. The molecule has 0 radical (unpaired) electrons. The van der Waals surface area contributed by atoms with Gasteiger partial charge in [0.1, 0.15) is 0 Å². The molecule has 0 fully saturated rings. The second-order valence-electron chi connectivity index (χ2n) is 7.09. The summed E-state index contributed by atoms with van der Waals surface area (Å²) in [7, 11) is 0. The molecule has 5 nitrogen and oxygen atoms in total. The Labute approximate surface area is 161 Å². The zero-order valence-corrected chi connectivity index (χ0v) is 16.5. The van der Waals surface area contributed by atoms with E-state index < -0.39 is 0 Å². The van der Waals surface area contributed by atoms with Gasteiger partial charge in [0.05, 0.1) is 13.1 Å². The van der Waals surface area contributed by atoms with E-state index >= 15 is 0 Å². The first kappa shape index (κ1) is 20.6. The highest BCUT2D eigenvalue weighted by atomic mass is 16.2. The van der Waals surface area contributed by atoms with Crippen LogP contribution in [0, 0.1) is 19.8 Å². The maximum absolute atomic E-state index is 12.1. The molecule has 0 saturated heterocycles. The van der Waals surface area contributed by atoms with Crippen molar-refractivity contribution in [1.82, 2.24) is 10.6 Å². The number of amides is 2. The minimum absolute atomic E-state index is 0.0500. The molecule has 3 N–H and O–H groups in total. The molecule has 0 aliphatic heterocycles. The highest BCUT2D eigenvalue weighted by molar-refractivity contribution is 5.95. The Morgan fingerprint density at radius 1 is 0.889 bits per heavy atom. The fourth-order valence-electron chi connectivity index (χ4n) is 2.92. The van der Waals surface area contributed by atoms with Crippen molar-refractivity contribution in [1.29, 1.82) is 0 Å². The van der Waals surface area contributed by atoms with Gasteiger partial charge in [-0.1, -0.05) is 56.3 Å². The molecule has 0 heterocycles. The van der Waals surface area contributed by atoms with E-state index in [-0.39, 0.29) is 30.9 Å². The molecule has 0 aromatic heterocycles. The third-order valence-electron chi connectivity index (χ3n) is 4.63. The number of rotatable bonds is 8. The van der Waals surface area contributed by atoms with Crippen LogP contribution in [0.1, 0.15) is 36.6 Å². The van der Waals surface area contributed by atoms with E-state index in [0.717, 1.165) is 22.4 Å². The van der Waals surface area contributed by atoms with Gasteiger partial charge in [-0.3, -0.25) is 9.59 Å². The van der Waals surface area contributed by atoms with E-state index in [2.05, 4.69) is 29.8 Å². The lowest BCUT2D eigenvalue weighted by atomic mass is 9.96. The number of benzene rings is 2. The highest BCUT2D eigenvalue weighted by Gasteiger charge is 2.16. The van der Waals surface area contributed by atoms with Gasteiger partial charge in [-0.25, -0.2) is 0 Å². The quantitative estimate of drug-likeness (QED) is 0.670. The lowest BCUT2D eigenvalue weighted by molar-refractivity contribution is -0.123. The van der Waals surface area contributed by atoms with Crippen molar-refractivity contribution in [3.8, 4) is 0 Å². The number of anilines is 1. The van der Waals surface area contributed by atoms with E-state index in [9.17, 15) is 9.59 Å². The highest BCUT2D eigenvalue weighted by Crippen LogP contribution is 2.21. The molecule has 2 aromatic rings. The van der Waals surface area contributed by atoms with Crippen molar-refractivity contribution < 1.29 is 9.59 Å². The van der Waals surface area contributed by atoms with E-state index in [1.807, 2.05) is 62.4 Å². The number of aryl methyl sites for hydroxylation is 1. The predicted octanol–water partition coefficient (Wildman–Crippen LogP) is 3.35. The molecule has 0 spiro atoms. The lowest BCUT2D eigenvalue weighted by Gasteiger charge is -2.22. The molecule has 5 heteroatoms. The molecule has 2 rings (SSSR count). The second-order valence-corrected chi connectivity index (χ2v) is 7.09. The molecule has 0 aliphatic carbocycles. The standard InChI is InChI=1S/C22H29N3O2/c1-15(2)22(18-10-6-5-7-11-18)24-13-20(26)23-14-21(27)25-19-12-8-9-16(3)17(19)4/h5-12,15,22,24H,13-14H2,1-4H3,(H,23,26)(H,25,27)/t22-/m1/s1. The molecule has 2 amide bonds. The van der Waals surface area contributed by atoms with Gasteiger partial charge in [-0.2, -0.15) is 0 Å². The topological polar surface area (TPSA) is 70.2 Å². The molecule has 0 aliphatic rings. The van der Waals surface area contributed by atoms with Crippen LogP contribution in [0.15, 0.2) is 48.5 Å². The number of hydrogen-bond donors (Lipinski definition) is 3. The van der Waals surface area contributed by atoms with Crippen LogP contribution in [-0.4, -0.2) is 24.9 Å². The largest absolute Gasteiger partial charge is 0.346 e. The summed E-state index contributed by atoms with van der Waals surface area (Å²) in [4.78, 5) is 24.2. The van der Waals surface area contributed by atoms with Crippen molar-refractivity contribution in [2.45, 2.75) is 33.7 Å². The summed E-state index contributed by atoms with van der Waals surface area (Å²) in [5, 5.41) is 8.79. The van der Waals surface area contributed by atoms with Gasteiger partial charge >= 0.3 is 0 Å². The molecule has 2 aromatic carbocycles. The van der Waals surface area contributed by atoms with Gasteiger partial charge < -0.3 is 16.0 Å². The first-order valence-electron chi connectivity index (χ1n) is 9.29. The van der Waals surface area contributed by atoms with Crippen LogP contribution in [-0.2, 0) is 9.59 Å². The van der Waals surface area contributed by atoms with Gasteiger partial charge in [-0.05, 0) is 42.5 Å². The summed E-state index contributed by atoms with van der Waals surface area (Å²) in [5.74, 6) is -0.0963. The van der Waals surface area contributed by atoms with Crippen molar-refractivity contribution in [3.63, 3.8) is 0 Å². The first-order chi connectivity index (χ1) is 12.9. The molecular formula is C22H29N3O2. The predicted molar refractivity (Wildman–Crippen MR) is 110 cm³/mol. The SMILES string of the molecule is Cc1cccc(NC(=O)CNC(=O)CN[C@@H](c2ccccc2)C(C)C)c1C. The number of hydrogen-bond acceptors (Lipinski definition) is 3. The van der Waals surface area contributed by atoms with Crippen molar-refractivity contribution in [2.75, 3.05) is 18.4 Å². The van der Waals surface area contributed by atoms with E-state index in [1.54, 1.807) is 0 Å². The first-order valence-corrected chi connectivity index (χ1v) is 9.29. The van der Waals surface area contributed by atoms with Crippen LogP contribution in [0.3, 0.4) is 0 Å². The van der Waals surface area contributed by atoms with Gasteiger partial charge in [0.25, 0.3) is 0 Å². The molecule has 144 valence electrons. The Kier molecular flexibility index (Phi) is 7.55. The van der Waals surface area contributed by atoms with Crippen LogP contribution in [0.2, 0.25) is 0 Å². The molecule has 0 bridgehead atoms. The maximum atomic E-state index is 12.1. The summed E-state index contributed by atoms with van der Waals surface area (Å²) >= 11 is 0. The van der Waals surface area contributed by atoms with Crippen molar-refractivity contribution in [2.24, 2.45) is 5.92 Å². The Balaban J connectivity index is 1.81. The number of nitrogens with one attached hydrogen (secondary N) is 3. The Morgan fingerprint density at radius 2 is 1.59 bits per heavy atom. The third-order valence-corrected chi connectivity index (χ3v) is 4.63. The van der Waals surface area contributed by atoms with E-state index in [0.29, 0.717) is 5.92 Å². The van der Waals surface area contributed by atoms with Gasteiger partial charge in [0.2, 0.25) is 11.8 Å². The van der Waals surface area contributed by atoms with Gasteiger partial charge in [0, 0.05) is 11.7 Å². The average Bonchev–Trinajstić information content (AvgIpc) is 2.64. The van der Waals surface area contributed by atoms with E-state index in [4.69, 9.17) is 0 Å². The van der Waals surface area contributed by atoms with Crippen LogP contribution in [0.25, 0.3) is 0 Å². The number of carbonyl (C=O) groups is 2. The average molecular weight is 367 g/mol. The minimum atomic E-state index is -0.236. The lowest BCUT2D eigenvalue weighted by Crippen LogP contribution is -2.40. The van der Waals surface area contributed by atoms with Crippen LogP contribution >= 0.6 is 0 Å². The second kappa shape index (κ2) is 9.88. The van der Waals surface area contributed by atoms with Gasteiger partial charge in [0.15, 0.2) is 0 Å². The zero-order valence-electron chi connectivity index (χ0n) is 16.5. The van der Waals surface area contributed by atoms with Crippen LogP contribution in [0.4, 0.5) is 5.69 Å². The number of carbonyl (C=O) groups excluding carboxylic acids is 2. The Morgan fingerprint density at radius 3 is 2.26 bits per heavy atom. The zero-order chi connectivity index (χ0) is 19.8. The maximum Gasteiger partial charge on any atom is 0.243 e. The van der Waals surface area contributed by atoms with Crippen LogP contribution < -0.4 is 16.0 Å². The summed E-state index contributed by atoms with van der Waals surface area (Å²) < 4.78 is 0.